The Morgan fingerprint density at radius 1 is 0.771 bits per heavy atom. The van der Waals surface area contributed by atoms with Crippen molar-refractivity contribution in [2.45, 2.75) is 78.1 Å². The molecule has 0 spiro atoms. The number of carbonyl (C=O) groups is 3. The topological polar surface area (TPSA) is 96.5 Å². The number of amides is 3. The van der Waals surface area contributed by atoms with Gasteiger partial charge in [-0.15, -0.1) is 0 Å². The van der Waals surface area contributed by atoms with Gasteiger partial charge in [0.05, 0.1) is 6.04 Å². The fourth-order valence-corrected chi connectivity index (χ4v) is 3.62. The van der Waals surface area contributed by atoms with Gasteiger partial charge in [-0.05, 0) is 51.2 Å². The Kier molecular flexibility index (Phi) is 10.3. The van der Waals surface area contributed by atoms with Crippen LogP contribution in [0.4, 0.5) is 4.79 Å². The third kappa shape index (κ3) is 10.2. The van der Waals surface area contributed by atoms with Crippen molar-refractivity contribution in [2.75, 3.05) is 0 Å². The highest BCUT2D eigenvalue weighted by atomic mass is 16.6. The Bertz CT molecular complexity index is 955. The van der Waals surface area contributed by atoms with Crippen molar-refractivity contribution in [1.29, 1.82) is 0 Å². The first kappa shape index (κ1) is 27.9. The Balaban J connectivity index is 2.19. The predicted octanol–water partition coefficient (Wildman–Crippen LogP) is 4.53. The van der Waals surface area contributed by atoms with Crippen LogP contribution in [0.1, 0.15) is 65.1 Å². The molecule has 0 saturated carbocycles. The number of hydrogen-bond acceptors (Lipinski definition) is 4. The van der Waals surface area contributed by atoms with Gasteiger partial charge in [-0.25, -0.2) is 4.79 Å². The monoisotopic (exact) mass is 481 g/mol. The Hall–Kier alpha value is -3.35. The van der Waals surface area contributed by atoms with Crippen LogP contribution in [0.3, 0.4) is 0 Å². The standard InChI is InChI=1S/C28H39N3O4/c1-19(2)17-23(31-27(34)35-28(4,5)6)26(33)30-24(18-21-13-9-7-10-14-21)25(32)29-20(3)22-15-11-8-12-16-22/h7-16,19-20,23-24H,17-18H2,1-6H3,(H,29,32)(H,30,33)(H,31,34)/t20-,23-,24+/m1/s1. The molecule has 190 valence electrons. The summed E-state index contributed by atoms with van der Waals surface area (Å²) in [6.07, 6.45) is 0.0615. The van der Waals surface area contributed by atoms with Gasteiger partial charge in [0.2, 0.25) is 11.8 Å². The van der Waals surface area contributed by atoms with E-state index in [2.05, 4.69) is 16.0 Å². The summed E-state index contributed by atoms with van der Waals surface area (Å²) in [7, 11) is 0. The van der Waals surface area contributed by atoms with Gasteiger partial charge in [0.1, 0.15) is 17.7 Å². The van der Waals surface area contributed by atoms with Gasteiger partial charge < -0.3 is 20.7 Å². The summed E-state index contributed by atoms with van der Waals surface area (Å²) in [4.78, 5) is 38.9. The van der Waals surface area contributed by atoms with Gasteiger partial charge >= 0.3 is 6.09 Å². The van der Waals surface area contributed by atoms with E-state index in [1.165, 1.54) is 0 Å². The van der Waals surface area contributed by atoms with Crippen LogP contribution >= 0.6 is 0 Å². The minimum absolute atomic E-state index is 0.139. The van der Waals surface area contributed by atoms with E-state index in [0.717, 1.165) is 11.1 Å². The lowest BCUT2D eigenvalue weighted by Crippen LogP contribution is -2.55. The highest BCUT2D eigenvalue weighted by molar-refractivity contribution is 5.91. The van der Waals surface area contributed by atoms with E-state index in [4.69, 9.17) is 4.74 Å². The summed E-state index contributed by atoms with van der Waals surface area (Å²) in [5, 5.41) is 8.56. The van der Waals surface area contributed by atoms with Crippen LogP contribution in [0.5, 0.6) is 0 Å². The zero-order valence-corrected chi connectivity index (χ0v) is 21.6. The fourth-order valence-electron chi connectivity index (χ4n) is 3.62. The highest BCUT2D eigenvalue weighted by Crippen LogP contribution is 2.14. The van der Waals surface area contributed by atoms with E-state index in [0.29, 0.717) is 12.8 Å². The second-order valence-electron chi connectivity index (χ2n) is 10.2. The van der Waals surface area contributed by atoms with Gasteiger partial charge in [-0.3, -0.25) is 9.59 Å². The number of carbonyl (C=O) groups excluding carboxylic acids is 3. The molecular formula is C28H39N3O4. The molecule has 0 aromatic heterocycles. The van der Waals surface area contributed by atoms with Gasteiger partial charge in [-0.2, -0.15) is 0 Å². The van der Waals surface area contributed by atoms with Crippen molar-refractivity contribution in [2.24, 2.45) is 5.92 Å². The zero-order chi connectivity index (χ0) is 26.0. The summed E-state index contributed by atoms with van der Waals surface area (Å²) in [6, 6.07) is 17.3. The zero-order valence-electron chi connectivity index (χ0n) is 21.6. The molecule has 7 heteroatoms. The van der Waals surface area contributed by atoms with Crippen LogP contribution in [0, 0.1) is 5.92 Å². The Labute approximate surface area is 209 Å². The molecule has 0 radical (unpaired) electrons. The molecule has 0 aliphatic rings. The number of rotatable bonds is 10. The minimum atomic E-state index is -0.831. The average Bonchev–Trinajstić information content (AvgIpc) is 2.77. The number of hydrogen-bond donors (Lipinski definition) is 3. The quantitative estimate of drug-likeness (QED) is 0.464. The van der Waals surface area contributed by atoms with Crippen LogP contribution in [-0.4, -0.2) is 35.6 Å². The summed E-state index contributed by atoms with van der Waals surface area (Å²) in [5.74, 6) is -0.577. The molecule has 0 unspecified atom stereocenters. The minimum Gasteiger partial charge on any atom is -0.444 e. The van der Waals surface area contributed by atoms with E-state index in [1.54, 1.807) is 20.8 Å². The van der Waals surface area contributed by atoms with Crippen molar-refractivity contribution in [3.8, 4) is 0 Å². The van der Waals surface area contributed by atoms with E-state index in [9.17, 15) is 14.4 Å². The Morgan fingerprint density at radius 2 is 1.31 bits per heavy atom. The van der Waals surface area contributed by atoms with Gasteiger partial charge in [0.15, 0.2) is 0 Å². The van der Waals surface area contributed by atoms with Crippen molar-refractivity contribution >= 4 is 17.9 Å². The molecule has 0 heterocycles. The lowest BCUT2D eigenvalue weighted by atomic mass is 10.0. The molecule has 3 atom stereocenters. The second-order valence-corrected chi connectivity index (χ2v) is 10.2. The molecule has 0 aliphatic carbocycles. The number of alkyl carbamates (subject to hydrolysis) is 1. The molecule has 3 N–H and O–H groups in total. The summed E-state index contributed by atoms with van der Waals surface area (Å²) in [6.45, 7) is 11.1. The molecule has 0 saturated heterocycles. The van der Waals surface area contributed by atoms with Gasteiger partial charge in [-0.1, -0.05) is 74.5 Å². The molecule has 2 aromatic carbocycles. The van der Waals surface area contributed by atoms with Crippen LogP contribution in [0.15, 0.2) is 60.7 Å². The van der Waals surface area contributed by atoms with Crippen LogP contribution in [-0.2, 0) is 20.7 Å². The largest absolute Gasteiger partial charge is 0.444 e. The molecule has 0 bridgehead atoms. The van der Waals surface area contributed by atoms with Gasteiger partial charge in [0.25, 0.3) is 0 Å². The van der Waals surface area contributed by atoms with Crippen molar-refractivity contribution < 1.29 is 19.1 Å². The van der Waals surface area contributed by atoms with E-state index >= 15 is 0 Å². The smallest absolute Gasteiger partial charge is 0.408 e. The molecule has 35 heavy (non-hydrogen) atoms. The first-order chi connectivity index (χ1) is 16.4. The maximum Gasteiger partial charge on any atom is 0.408 e. The predicted molar refractivity (Wildman–Crippen MR) is 138 cm³/mol. The summed E-state index contributed by atoms with van der Waals surface area (Å²) in [5.41, 5.74) is 1.20. The molecular weight excluding hydrogens is 442 g/mol. The summed E-state index contributed by atoms with van der Waals surface area (Å²) >= 11 is 0. The number of ether oxygens (including phenoxy) is 1. The lowest BCUT2D eigenvalue weighted by Gasteiger charge is -2.27. The molecule has 3 amide bonds. The lowest BCUT2D eigenvalue weighted by molar-refractivity contribution is -0.130. The van der Waals surface area contributed by atoms with Crippen molar-refractivity contribution in [3.05, 3.63) is 71.8 Å². The second kappa shape index (κ2) is 12.9. The number of nitrogens with one attached hydrogen (secondary N) is 3. The SMILES string of the molecule is CC(C)C[C@@H](NC(=O)OC(C)(C)C)C(=O)N[C@@H](Cc1ccccc1)C(=O)N[C@H](C)c1ccccc1. The molecule has 0 fully saturated rings. The first-order valence-electron chi connectivity index (χ1n) is 12.1. The van der Waals surface area contributed by atoms with Gasteiger partial charge in [0, 0.05) is 6.42 Å². The van der Waals surface area contributed by atoms with E-state index < -0.39 is 29.7 Å². The Morgan fingerprint density at radius 3 is 1.86 bits per heavy atom. The maximum atomic E-state index is 13.3. The average molecular weight is 482 g/mol. The third-order valence-corrected chi connectivity index (χ3v) is 5.29. The first-order valence-corrected chi connectivity index (χ1v) is 12.1. The highest BCUT2D eigenvalue weighted by Gasteiger charge is 2.29. The van der Waals surface area contributed by atoms with Crippen LogP contribution in [0.2, 0.25) is 0 Å². The fraction of sp³-hybridized carbons (Fsp3) is 0.464. The molecule has 2 rings (SSSR count). The van der Waals surface area contributed by atoms with E-state index in [-0.39, 0.29) is 17.9 Å². The van der Waals surface area contributed by atoms with Crippen molar-refractivity contribution in [1.82, 2.24) is 16.0 Å². The van der Waals surface area contributed by atoms with E-state index in [1.807, 2.05) is 81.4 Å². The van der Waals surface area contributed by atoms with Crippen LogP contribution in [0.25, 0.3) is 0 Å². The van der Waals surface area contributed by atoms with Crippen molar-refractivity contribution in [3.63, 3.8) is 0 Å². The third-order valence-electron chi connectivity index (χ3n) is 5.29. The molecule has 0 aliphatic heterocycles. The molecule has 7 nitrogen and oxygen atoms in total. The number of benzene rings is 2. The molecule has 2 aromatic rings. The normalized spacial score (nSPS) is 13.9. The van der Waals surface area contributed by atoms with Crippen LogP contribution < -0.4 is 16.0 Å². The summed E-state index contributed by atoms with van der Waals surface area (Å²) < 4.78 is 5.34. The maximum absolute atomic E-state index is 13.3.